The normalized spacial score (nSPS) is 10.1. The minimum atomic E-state index is -1.29. The predicted molar refractivity (Wildman–Crippen MR) is 56.6 cm³/mol. The van der Waals surface area contributed by atoms with Crippen LogP contribution in [-0.4, -0.2) is 16.1 Å². The molecule has 3 nitrogen and oxygen atoms in total. The van der Waals surface area contributed by atoms with Crippen LogP contribution in [-0.2, 0) is 0 Å². The highest BCUT2D eigenvalue weighted by atomic mass is 19.1. The summed E-state index contributed by atoms with van der Waals surface area (Å²) in [5.74, 6) is -2.05. The number of hydrogen-bond acceptors (Lipinski definition) is 2. The third-order valence-electron chi connectivity index (χ3n) is 2.17. The van der Waals surface area contributed by atoms with Crippen LogP contribution in [0.15, 0.2) is 42.6 Å². The molecule has 1 heterocycles. The molecule has 2 rings (SSSR count). The van der Waals surface area contributed by atoms with Crippen molar-refractivity contribution in [3.8, 4) is 11.3 Å². The topological polar surface area (TPSA) is 50.2 Å². The third-order valence-corrected chi connectivity index (χ3v) is 2.17. The van der Waals surface area contributed by atoms with Gasteiger partial charge in [0.15, 0.2) is 0 Å². The Bertz CT molecular complexity index is 526. The number of hydrogen-bond donors (Lipinski definition) is 1. The summed E-state index contributed by atoms with van der Waals surface area (Å²) in [6.45, 7) is 0. The predicted octanol–water partition coefficient (Wildman–Crippen LogP) is 2.59. The first-order valence-electron chi connectivity index (χ1n) is 4.63. The maximum absolute atomic E-state index is 13.4. The van der Waals surface area contributed by atoms with Crippen LogP contribution >= 0.6 is 0 Å². The molecule has 0 saturated heterocycles. The molecule has 0 bridgehead atoms. The standard InChI is InChI=1S/C12H8FNO2/c13-9-5-3-4-8(11(9)12(15)16)10-6-1-2-7-14-10/h1-7H,(H,15,16). The summed E-state index contributed by atoms with van der Waals surface area (Å²) in [6, 6.07) is 9.19. The lowest BCUT2D eigenvalue weighted by molar-refractivity contribution is 0.0693. The Morgan fingerprint density at radius 2 is 2.00 bits per heavy atom. The lowest BCUT2D eigenvalue weighted by atomic mass is 10.0. The van der Waals surface area contributed by atoms with E-state index in [1.807, 2.05) is 0 Å². The van der Waals surface area contributed by atoms with Crippen LogP contribution in [0.4, 0.5) is 4.39 Å². The molecule has 16 heavy (non-hydrogen) atoms. The van der Waals surface area contributed by atoms with Crippen LogP contribution in [0.1, 0.15) is 10.4 Å². The molecule has 0 atom stereocenters. The van der Waals surface area contributed by atoms with E-state index in [4.69, 9.17) is 5.11 Å². The maximum atomic E-state index is 13.4. The highest BCUT2D eigenvalue weighted by molar-refractivity contribution is 5.95. The number of rotatable bonds is 2. The largest absolute Gasteiger partial charge is 0.478 e. The second-order valence-corrected chi connectivity index (χ2v) is 3.18. The van der Waals surface area contributed by atoms with E-state index in [1.54, 1.807) is 18.2 Å². The van der Waals surface area contributed by atoms with E-state index in [9.17, 15) is 9.18 Å². The zero-order chi connectivity index (χ0) is 11.5. The summed E-state index contributed by atoms with van der Waals surface area (Å²) >= 11 is 0. The molecule has 80 valence electrons. The van der Waals surface area contributed by atoms with Gasteiger partial charge in [0.05, 0.1) is 5.69 Å². The van der Waals surface area contributed by atoms with Gasteiger partial charge in [-0.1, -0.05) is 18.2 Å². The molecule has 0 aliphatic rings. The molecule has 2 aromatic rings. The fourth-order valence-corrected chi connectivity index (χ4v) is 1.48. The molecule has 0 aliphatic carbocycles. The monoisotopic (exact) mass is 217 g/mol. The fraction of sp³-hybridized carbons (Fsp3) is 0. The van der Waals surface area contributed by atoms with Gasteiger partial charge in [0.2, 0.25) is 0 Å². The van der Waals surface area contributed by atoms with E-state index in [1.165, 1.54) is 18.3 Å². The average Bonchev–Trinajstić information content (AvgIpc) is 2.29. The highest BCUT2D eigenvalue weighted by Crippen LogP contribution is 2.23. The maximum Gasteiger partial charge on any atom is 0.339 e. The smallest absolute Gasteiger partial charge is 0.339 e. The summed E-state index contributed by atoms with van der Waals surface area (Å²) in [6.07, 6.45) is 1.53. The van der Waals surface area contributed by atoms with E-state index in [0.717, 1.165) is 6.07 Å². The minimum Gasteiger partial charge on any atom is -0.478 e. The lowest BCUT2D eigenvalue weighted by Crippen LogP contribution is -2.03. The zero-order valence-electron chi connectivity index (χ0n) is 8.22. The van der Waals surface area contributed by atoms with Gasteiger partial charge < -0.3 is 5.11 Å². The molecule has 0 aliphatic heterocycles. The molecule has 1 aromatic heterocycles. The summed E-state index contributed by atoms with van der Waals surface area (Å²) < 4.78 is 13.4. The van der Waals surface area contributed by atoms with Gasteiger partial charge in [-0.3, -0.25) is 4.98 Å². The van der Waals surface area contributed by atoms with E-state index >= 15 is 0 Å². The van der Waals surface area contributed by atoms with Crippen molar-refractivity contribution >= 4 is 5.97 Å². The molecule has 1 aromatic carbocycles. The van der Waals surface area contributed by atoms with E-state index in [0.29, 0.717) is 5.69 Å². The van der Waals surface area contributed by atoms with Crippen molar-refractivity contribution in [1.29, 1.82) is 0 Å². The number of carbonyl (C=O) groups is 1. The molecule has 0 radical (unpaired) electrons. The fourth-order valence-electron chi connectivity index (χ4n) is 1.48. The van der Waals surface area contributed by atoms with Crippen LogP contribution in [0, 0.1) is 5.82 Å². The Labute approximate surface area is 91.2 Å². The molecule has 0 unspecified atom stereocenters. The number of pyridine rings is 1. The van der Waals surface area contributed by atoms with E-state index < -0.39 is 11.8 Å². The third kappa shape index (κ3) is 1.77. The molecular formula is C12H8FNO2. The van der Waals surface area contributed by atoms with Gasteiger partial charge in [0, 0.05) is 11.8 Å². The number of benzene rings is 1. The van der Waals surface area contributed by atoms with Crippen LogP contribution in [0.3, 0.4) is 0 Å². The van der Waals surface area contributed by atoms with Crippen molar-refractivity contribution in [2.75, 3.05) is 0 Å². The van der Waals surface area contributed by atoms with Crippen molar-refractivity contribution in [3.05, 3.63) is 54.0 Å². The van der Waals surface area contributed by atoms with Crippen molar-refractivity contribution < 1.29 is 14.3 Å². The Morgan fingerprint density at radius 3 is 2.62 bits per heavy atom. The Morgan fingerprint density at radius 1 is 1.19 bits per heavy atom. The second-order valence-electron chi connectivity index (χ2n) is 3.18. The second kappa shape index (κ2) is 4.10. The number of aromatic nitrogens is 1. The Balaban J connectivity index is 2.66. The first-order valence-corrected chi connectivity index (χ1v) is 4.63. The van der Waals surface area contributed by atoms with Crippen LogP contribution in [0.5, 0.6) is 0 Å². The van der Waals surface area contributed by atoms with Gasteiger partial charge in [0.1, 0.15) is 11.4 Å². The molecule has 4 heteroatoms. The van der Waals surface area contributed by atoms with Crippen molar-refractivity contribution in [2.24, 2.45) is 0 Å². The quantitative estimate of drug-likeness (QED) is 0.841. The van der Waals surface area contributed by atoms with Gasteiger partial charge in [-0.15, -0.1) is 0 Å². The van der Waals surface area contributed by atoms with E-state index in [2.05, 4.69) is 4.98 Å². The van der Waals surface area contributed by atoms with Gasteiger partial charge >= 0.3 is 5.97 Å². The highest BCUT2D eigenvalue weighted by Gasteiger charge is 2.16. The van der Waals surface area contributed by atoms with Crippen LogP contribution in [0.25, 0.3) is 11.3 Å². The van der Waals surface area contributed by atoms with Gasteiger partial charge in [-0.05, 0) is 18.2 Å². The molecule has 0 spiro atoms. The lowest BCUT2D eigenvalue weighted by Gasteiger charge is -2.05. The summed E-state index contributed by atoms with van der Waals surface area (Å²) in [5, 5.41) is 8.94. The SMILES string of the molecule is O=C(O)c1c(F)cccc1-c1ccccn1. The summed E-state index contributed by atoms with van der Waals surface area (Å²) in [7, 11) is 0. The first-order chi connectivity index (χ1) is 7.70. The molecule has 0 saturated carbocycles. The van der Waals surface area contributed by atoms with Crippen molar-refractivity contribution in [2.45, 2.75) is 0 Å². The zero-order valence-corrected chi connectivity index (χ0v) is 8.22. The Kier molecular flexibility index (Phi) is 2.64. The summed E-state index contributed by atoms with van der Waals surface area (Å²) in [5.41, 5.74) is 0.383. The molecular weight excluding hydrogens is 209 g/mol. The van der Waals surface area contributed by atoms with Gasteiger partial charge in [0.25, 0.3) is 0 Å². The number of carboxylic acid groups (broad SMARTS) is 1. The number of nitrogens with zero attached hydrogens (tertiary/aromatic N) is 1. The van der Waals surface area contributed by atoms with Crippen molar-refractivity contribution in [1.82, 2.24) is 4.98 Å². The van der Waals surface area contributed by atoms with Crippen LogP contribution < -0.4 is 0 Å². The summed E-state index contributed by atoms with van der Waals surface area (Å²) in [4.78, 5) is 15.0. The number of aromatic carboxylic acids is 1. The van der Waals surface area contributed by atoms with Crippen molar-refractivity contribution in [3.63, 3.8) is 0 Å². The van der Waals surface area contributed by atoms with Crippen LogP contribution in [0.2, 0.25) is 0 Å². The number of carboxylic acids is 1. The van der Waals surface area contributed by atoms with E-state index in [-0.39, 0.29) is 11.1 Å². The minimum absolute atomic E-state index is 0.285. The first kappa shape index (κ1) is 10.3. The molecule has 1 N–H and O–H groups in total. The average molecular weight is 217 g/mol. The molecule has 0 amide bonds. The van der Waals surface area contributed by atoms with Gasteiger partial charge in [-0.25, -0.2) is 9.18 Å². The molecule has 0 fully saturated rings. The van der Waals surface area contributed by atoms with Gasteiger partial charge in [-0.2, -0.15) is 0 Å². The number of halogens is 1. The Hall–Kier alpha value is -2.23.